The summed E-state index contributed by atoms with van der Waals surface area (Å²) < 4.78 is 28.0. The van der Waals surface area contributed by atoms with Crippen LogP contribution in [0.1, 0.15) is 51.9 Å². The average Bonchev–Trinajstić information content (AvgIpc) is 2.59. The molecule has 1 saturated heterocycles. The molecule has 1 rings (SSSR count). The van der Waals surface area contributed by atoms with Gasteiger partial charge in [0.2, 0.25) is 10.0 Å². The van der Waals surface area contributed by atoms with Crippen LogP contribution in [0.2, 0.25) is 0 Å². The minimum absolute atomic E-state index is 0.0431. The minimum atomic E-state index is -3.83. The van der Waals surface area contributed by atoms with Gasteiger partial charge in [-0.3, -0.25) is 0 Å². The van der Waals surface area contributed by atoms with E-state index in [2.05, 4.69) is 13.5 Å². The van der Waals surface area contributed by atoms with Crippen molar-refractivity contribution in [2.45, 2.75) is 63.2 Å². The summed E-state index contributed by atoms with van der Waals surface area (Å²) in [5, 5.41) is 4.06. The average molecular weight is 289 g/mol. The molecule has 2 N–H and O–H groups in total. The van der Waals surface area contributed by atoms with Crippen molar-refractivity contribution in [2.24, 2.45) is 5.14 Å². The van der Waals surface area contributed by atoms with Gasteiger partial charge in [-0.15, -0.1) is 0 Å². The van der Waals surface area contributed by atoms with E-state index in [0.717, 1.165) is 19.3 Å². The van der Waals surface area contributed by atoms with Crippen LogP contribution in [-0.4, -0.2) is 25.7 Å². The maximum Gasteiger partial charge on any atom is 0.335 e. The van der Waals surface area contributed by atoms with Gasteiger partial charge in [-0.25, -0.2) is 18.4 Å². The molecule has 1 heterocycles. The first-order valence-electron chi connectivity index (χ1n) is 6.79. The third-order valence-corrected chi connectivity index (χ3v) is 4.69. The molecule has 19 heavy (non-hydrogen) atoms. The quantitative estimate of drug-likeness (QED) is 0.420. The predicted octanol–water partition coefficient (Wildman–Crippen LogP) is 1.88. The Kier molecular flexibility index (Phi) is 6.00. The topological polar surface area (TPSA) is 86.5 Å². The third kappa shape index (κ3) is 4.62. The number of hydrogen-bond acceptors (Lipinski definition) is 4. The number of carbonyl (C=O) groups excluding carboxylic acids is 1. The van der Waals surface area contributed by atoms with Crippen molar-refractivity contribution in [3.8, 4) is 0 Å². The molecule has 5 nitrogen and oxygen atoms in total. The van der Waals surface area contributed by atoms with Crippen LogP contribution < -0.4 is 5.14 Å². The predicted molar refractivity (Wildman–Crippen MR) is 73.9 cm³/mol. The van der Waals surface area contributed by atoms with Gasteiger partial charge in [0.1, 0.15) is 11.4 Å². The van der Waals surface area contributed by atoms with Crippen molar-refractivity contribution >= 4 is 16.0 Å². The summed E-state index contributed by atoms with van der Waals surface area (Å²) in [6.45, 7) is 5.62. The first kappa shape index (κ1) is 16.2. The second-order valence-electron chi connectivity index (χ2n) is 5.04. The minimum Gasteiger partial charge on any atom is -0.457 e. The van der Waals surface area contributed by atoms with Crippen LogP contribution in [-0.2, 0) is 19.6 Å². The number of rotatable bonds is 8. The van der Waals surface area contributed by atoms with E-state index in [-0.39, 0.29) is 5.57 Å². The van der Waals surface area contributed by atoms with E-state index in [9.17, 15) is 13.2 Å². The SMILES string of the molecule is C=C1C(=O)OC(CCCCCCCC)C1S(N)(=O)=O. The van der Waals surface area contributed by atoms with Crippen molar-refractivity contribution in [3.63, 3.8) is 0 Å². The van der Waals surface area contributed by atoms with Gasteiger partial charge in [0.15, 0.2) is 0 Å². The normalized spacial score (nSPS) is 23.7. The zero-order valence-electron chi connectivity index (χ0n) is 11.4. The Balaban J connectivity index is 2.44. The lowest BCUT2D eigenvalue weighted by atomic mass is 10.0. The van der Waals surface area contributed by atoms with Crippen LogP contribution in [0.25, 0.3) is 0 Å². The molecule has 0 radical (unpaired) electrons. The first-order chi connectivity index (χ1) is 8.88. The molecule has 0 aromatic rings. The number of hydrogen-bond donors (Lipinski definition) is 1. The number of cyclic esters (lactones) is 1. The smallest absolute Gasteiger partial charge is 0.335 e. The van der Waals surface area contributed by atoms with Crippen LogP contribution in [0.4, 0.5) is 0 Å². The second-order valence-corrected chi connectivity index (χ2v) is 6.72. The lowest BCUT2D eigenvalue weighted by molar-refractivity contribution is -0.139. The molecule has 6 heteroatoms. The van der Waals surface area contributed by atoms with Crippen LogP contribution >= 0.6 is 0 Å². The highest BCUT2D eigenvalue weighted by molar-refractivity contribution is 7.90. The van der Waals surface area contributed by atoms with Gasteiger partial charge in [0.05, 0.1) is 5.57 Å². The zero-order valence-corrected chi connectivity index (χ0v) is 12.2. The van der Waals surface area contributed by atoms with Crippen molar-refractivity contribution in [1.82, 2.24) is 0 Å². The van der Waals surface area contributed by atoms with Crippen molar-refractivity contribution < 1.29 is 17.9 Å². The van der Waals surface area contributed by atoms with E-state index in [1.807, 2.05) is 0 Å². The highest BCUT2D eigenvalue weighted by Crippen LogP contribution is 2.28. The maximum absolute atomic E-state index is 11.5. The Morgan fingerprint density at radius 2 is 1.79 bits per heavy atom. The summed E-state index contributed by atoms with van der Waals surface area (Å²) >= 11 is 0. The van der Waals surface area contributed by atoms with E-state index in [1.165, 1.54) is 19.3 Å². The summed E-state index contributed by atoms with van der Waals surface area (Å²) in [5.74, 6) is -0.644. The molecule has 0 spiro atoms. The van der Waals surface area contributed by atoms with Gasteiger partial charge in [-0.2, -0.15) is 0 Å². The molecular formula is C13H23NO4S. The molecule has 0 saturated carbocycles. The van der Waals surface area contributed by atoms with Gasteiger partial charge in [-0.1, -0.05) is 45.6 Å². The molecule has 1 fully saturated rings. The number of esters is 1. The van der Waals surface area contributed by atoms with E-state index in [4.69, 9.17) is 9.88 Å². The van der Waals surface area contributed by atoms with E-state index in [1.54, 1.807) is 0 Å². The van der Waals surface area contributed by atoms with Gasteiger partial charge < -0.3 is 4.74 Å². The fraction of sp³-hybridized carbons (Fsp3) is 0.769. The maximum atomic E-state index is 11.5. The summed E-state index contributed by atoms with van der Waals surface area (Å²) in [6, 6.07) is 0. The summed E-state index contributed by atoms with van der Waals surface area (Å²) in [4.78, 5) is 11.4. The Bertz CT molecular complexity index is 430. The van der Waals surface area contributed by atoms with Gasteiger partial charge in [0, 0.05) is 0 Å². The molecule has 2 atom stereocenters. The van der Waals surface area contributed by atoms with Crippen LogP contribution in [0.5, 0.6) is 0 Å². The van der Waals surface area contributed by atoms with Crippen LogP contribution in [0.15, 0.2) is 12.2 Å². The largest absolute Gasteiger partial charge is 0.457 e. The highest BCUT2D eigenvalue weighted by Gasteiger charge is 2.44. The highest BCUT2D eigenvalue weighted by atomic mass is 32.2. The molecule has 0 aliphatic carbocycles. The van der Waals surface area contributed by atoms with Crippen LogP contribution in [0, 0.1) is 0 Å². The van der Waals surface area contributed by atoms with Crippen molar-refractivity contribution in [2.75, 3.05) is 0 Å². The fourth-order valence-electron chi connectivity index (χ4n) is 2.36. The molecule has 0 bridgehead atoms. The number of primary sulfonamides is 1. The molecule has 1 aliphatic heterocycles. The lowest BCUT2D eigenvalue weighted by Crippen LogP contribution is -2.36. The molecule has 110 valence electrons. The standard InChI is InChI=1S/C13H23NO4S/c1-3-4-5-6-7-8-9-11-12(19(14,16)17)10(2)13(15)18-11/h11-12H,2-9H2,1H3,(H2,14,16,17). The Morgan fingerprint density at radius 1 is 1.21 bits per heavy atom. The van der Waals surface area contributed by atoms with Gasteiger partial charge in [-0.05, 0) is 12.8 Å². The van der Waals surface area contributed by atoms with Crippen LogP contribution in [0.3, 0.4) is 0 Å². The van der Waals surface area contributed by atoms with Gasteiger partial charge in [0.25, 0.3) is 0 Å². The molecule has 0 aromatic carbocycles. The first-order valence-corrected chi connectivity index (χ1v) is 8.40. The Labute approximate surface area is 115 Å². The Hall–Kier alpha value is -0.880. The molecular weight excluding hydrogens is 266 g/mol. The molecule has 2 unspecified atom stereocenters. The number of ether oxygens (including phenoxy) is 1. The molecule has 1 aliphatic rings. The number of sulfonamides is 1. The number of nitrogens with two attached hydrogens (primary N) is 1. The lowest BCUT2D eigenvalue weighted by Gasteiger charge is -2.15. The summed E-state index contributed by atoms with van der Waals surface area (Å²) in [6.07, 6.45) is 6.42. The second kappa shape index (κ2) is 7.05. The molecule has 0 aromatic heterocycles. The van der Waals surface area contributed by atoms with E-state index < -0.39 is 27.3 Å². The summed E-state index contributed by atoms with van der Waals surface area (Å²) in [5.41, 5.74) is -0.0431. The zero-order chi connectivity index (χ0) is 14.5. The number of carbonyl (C=O) groups is 1. The van der Waals surface area contributed by atoms with E-state index in [0.29, 0.717) is 6.42 Å². The number of unbranched alkanes of at least 4 members (excludes halogenated alkanes) is 5. The monoisotopic (exact) mass is 289 g/mol. The Morgan fingerprint density at radius 3 is 2.37 bits per heavy atom. The fourth-order valence-corrected chi connectivity index (χ4v) is 3.47. The van der Waals surface area contributed by atoms with Crippen molar-refractivity contribution in [3.05, 3.63) is 12.2 Å². The molecule has 0 amide bonds. The van der Waals surface area contributed by atoms with Crippen molar-refractivity contribution in [1.29, 1.82) is 0 Å². The third-order valence-electron chi connectivity index (χ3n) is 3.40. The summed E-state index contributed by atoms with van der Waals surface area (Å²) in [7, 11) is -3.83. The van der Waals surface area contributed by atoms with Gasteiger partial charge >= 0.3 is 5.97 Å². The van der Waals surface area contributed by atoms with E-state index >= 15 is 0 Å².